The lowest BCUT2D eigenvalue weighted by Gasteiger charge is -2.18. The van der Waals surface area contributed by atoms with Gasteiger partial charge >= 0.3 is 17.9 Å². The molecule has 0 amide bonds. The van der Waals surface area contributed by atoms with Crippen LogP contribution in [0.25, 0.3) is 0 Å². The summed E-state index contributed by atoms with van der Waals surface area (Å²) < 4.78 is 16.8. The lowest BCUT2D eigenvalue weighted by atomic mass is 9.99. The Morgan fingerprint density at radius 2 is 0.593 bits per heavy atom. The molecule has 0 spiro atoms. The SMILES string of the molecule is CCCCCCCCCCCCCCCCC(=O)OC[C@@H](COC(=O)CCCCCCCCCCCCCCCCC(C)CC)OC(=O)CCCCCCCCCCC. The fraction of sp³-hybridized carbons (Fsp3) is 0.943. The van der Waals surface area contributed by atoms with Gasteiger partial charge in [0.15, 0.2) is 6.10 Å². The third kappa shape index (κ3) is 45.8. The van der Waals surface area contributed by atoms with Crippen LogP contribution in [0.15, 0.2) is 0 Å². The van der Waals surface area contributed by atoms with Crippen molar-refractivity contribution in [1.82, 2.24) is 0 Å². The fourth-order valence-electron chi connectivity index (χ4n) is 8.01. The summed E-state index contributed by atoms with van der Waals surface area (Å²) in [6.07, 6.45) is 49.4. The number of carbonyl (C=O) groups excluding carboxylic acids is 3. The molecule has 0 aromatic rings. The molecule has 0 aromatic carbocycles. The van der Waals surface area contributed by atoms with E-state index in [1.807, 2.05) is 0 Å². The Balaban J connectivity index is 4.22. The number of ether oxygens (including phenoxy) is 3. The Hall–Kier alpha value is -1.59. The first-order valence-corrected chi connectivity index (χ1v) is 26.4. The molecule has 0 heterocycles. The monoisotopic (exact) mass is 835 g/mol. The molecule has 0 saturated heterocycles. The number of esters is 3. The average molecular weight is 835 g/mol. The van der Waals surface area contributed by atoms with Gasteiger partial charge in [0, 0.05) is 19.3 Å². The van der Waals surface area contributed by atoms with Gasteiger partial charge in [-0.3, -0.25) is 14.4 Å². The second kappa shape index (κ2) is 47.5. The summed E-state index contributed by atoms with van der Waals surface area (Å²) in [5.74, 6) is 0.0503. The first kappa shape index (κ1) is 57.4. The molecule has 0 rings (SSSR count). The molecule has 0 aliphatic heterocycles. The Bertz CT molecular complexity index is 889. The van der Waals surface area contributed by atoms with E-state index in [-0.39, 0.29) is 31.1 Å². The van der Waals surface area contributed by atoms with Crippen molar-refractivity contribution in [3.8, 4) is 0 Å². The third-order valence-corrected chi connectivity index (χ3v) is 12.4. The molecule has 6 nitrogen and oxygen atoms in total. The molecule has 0 radical (unpaired) electrons. The summed E-state index contributed by atoms with van der Waals surface area (Å²) in [4.78, 5) is 37.9. The molecule has 1 unspecified atom stereocenters. The smallest absolute Gasteiger partial charge is 0.306 e. The summed E-state index contributed by atoms with van der Waals surface area (Å²) >= 11 is 0. The average Bonchev–Trinajstić information content (AvgIpc) is 3.23. The zero-order valence-corrected chi connectivity index (χ0v) is 40.2. The first-order chi connectivity index (χ1) is 28.9. The number of rotatable bonds is 48. The quantitative estimate of drug-likeness (QED) is 0.0345. The van der Waals surface area contributed by atoms with Crippen LogP contribution in [0.4, 0.5) is 0 Å². The first-order valence-electron chi connectivity index (χ1n) is 26.4. The highest BCUT2D eigenvalue weighted by atomic mass is 16.6. The maximum Gasteiger partial charge on any atom is 0.306 e. The van der Waals surface area contributed by atoms with Gasteiger partial charge in [-0.2, -0.15) is 0 Å². The molecule has 0 N–H and O–H groups in total. The Kier molecular flexibility index (Phi) is 46.2. The molecule has 0 fully saturated rings. The summed E-state index contributed by atoms with van der Waals surface area (Å²) in [6, 6.07) is 0. The van der Waals surface area contributed by atoms with Crippen LogP contribution >= 0.6 is 0 Å². The highest BCUT2D eigenvalue weighted by Crippen LogP contribution is 2.18. The van der Waals surface area contributed by atoms with Gasteiger partial charge in [0.1, 0.15) is 13.2 Å². The second-order valence-electron chi connectivity index (χ2n) is 18.4. The van der Waals surface area contributed by atoms with Crippen LogP contribution in [0.5, 0.6) is 0 Å². The lowest BCUT2D eigenvalue weighted by molar-refractivity contribution is -0.167. The third-order valence-electron chi connectivity index (χ3n) is 12.4. The molecule has 0 saturated carbocycles. The van der Waals surface area contributed by atoms with Gasteiger partial charge in [0.25, 0.3) is 0 Å². The summed E-state index contributed by atoms with van der Waals surface area (Å²) in [7, 11) is 0. The number of carbonyl (C=O) groups is 3. The molecule has 0 aromatic heterocycles. The molecule has 6 heteroatoms. The van der Waals surface area contributed by atoms with Crippen molar-refractivity contribution in [3.63, 3.8) is 0 Å². The van der Waals surface area contributed by atoms with Crippen LogP contribution in [-0.2, 0) is 28.6 Å². The van der Waals surface area contributed by atoms with Crippen molar-refractivity contribution >= 4 is 17.9 Å². The topological polar surface area (TPSA) is 78.9 Å². The van der Waals surface area contributed by atoms with E-state index in [1.165, 1.54) is 193 Å². The van der Waals surface area contributed by atoms with Crippen molar-refractivity contribution in [1.29, 1.82) is 0 Å². The van der Waals surface area contributed by atoms with Gasteiger partial charge in [-0.05, 0) is 25.2 Å². The van der Waals surface area contributed by atoms with Crippen molar-refractivity contribution in [2.75, 3.05) is 13.2 Å². The minimum atomic E-state index is -0.759. The van der Waals surface area contributed by atoms with Crippen LogP contribution in [0, 0.1) is 5.92 Å². The van der Waals surface area contributed by atoms with Crippen LogP contribution in [0.2, 0.25) is 0 Å². The van der Waals surface area contributed by atoms with Crippen molar-refractivity contribution < 1.29 is 28.6 Å². The van der Waals surface area contributed by atoms with Crippen molar-refractivity contribution in [3.05, 3.63) is 0 Å². The molecular formula is C53H102O6. The zero-order valence-electron chi connectivity index (χ0n) is 40.2. The van der Waals surface area contributed by atoms with E-state index in [2.05, 4.69) is 27.7 Å². The molecule has 2 atom stereocenters. The molecule has 0 aliphatic carbocycles. The fourth-order valence-corrected chi connectivity index (χ4v) is 8.01. The van der Waals surface area contributed by atoms with E-state index in [0.29, 0.717) is 19.3 Å². The largest absolute Gasteiger partial charge is 0.462 e. The van der Waals surface area contributed by atoms with Crippen molar-refractivity contribution in [2.45, 2.75) is 303 Å². The Labute approximate surface area is 368 Å². The van der Waals surface area contributed by atoms with Gasteiger partial charge in [0.05, 0.1) is 0 Å². The van der Waals surface area contributed by atoms with Crippen LogP contribution < -0.4 is 0 Å². The molecule has 59 heavy (non-hydrogen) atoms. The minimum absolute atomic E-state index is 0.0628. The van der Waals surface area contributed by atoms with Crippen LogP contribution in [0.1, 0.15) is 297 Å². The van der Waals surface area contributed by atoms with Gasteiger partial charge < -0.3 is 14.2 Å². The summed E-state index contributed by atoms with van der Waals surface area (Å²) in [5.41, 5.74) is 0. The van der Waals surface area contributed by atoms with E-state index in [1.54, 1.807) is 0 Å². The van der Waals surface area contributed by atoms with Gasteiger partial charge in [0.2, 0.25) is 0 Å². The zero-order chi connectivity index (χ0) is 43.1. The Morgan fingerprint density at radius 3 is 0.881 bits per heavy atom. The lowest BCUT2D eigenvalue weighted by Crippen LogP contribution is -2.30. The van der Waals surface area contributed by atoms with E-state index < -0.39 is 6.10 Å². The highest BCUT2D eigenvalue weighted by Gasteiger charge is 2.19. The maximum absolute atomic E-state index is 12.7. The molecule has 0 bridgehead atoms. The second-order valence-corrected chi connectivity index (χ2v) is 18.4. The number of hydrogen-bond acceptors (Lipinski definition) is 6. The van der Waals surface area contributed by atoms with Crippen LogP contribution in [-0.4, -0.2) is 37.2 Å². The number of hydrogen-bond donors (Lipinski definition) is 0. The van der Waals surface area contributed by atoms with Gasteiger partial charge in [-0.1, -0.05) is 259 Å². The predicted molar refractivity (Wildman–Crippen MR) is 252 cm³/mol. The summed E-state index contributed by atoms with van der Waals surface area (Å²) in [6.45, 7) is 9.06. The van der Waals surface area contributed by atoms with E-state index in [9.17, 15) is 14.4 Å². The number of unbranched alkanes of at least 4 members (excludes halogenated alkanes) is 34. The molecular weight excluding hydrogens is 733 g/mol. The highest BCUT2D eigenvalue weighted by molar-refractivity contribution is 5.71. The van der Waals surface area contributed by atoms with E-state index >= 15 is 0 Å². The molecule has 350 valence electrons. The van der Waals surface area contributed by atoms with E-state index in [4.69, 9.17) is 14.2 Å². The predicted octanol–water partition coefficient (Wildman–Crippen LogP) is 17.1. The Morgan fingerprint density at radius 1 is 0.339 bits per heavy atom. The van der Waals surface area contributed by atoms with Gasteiger partial charge in [-0.25, -0.2) is 0 Å². The normalized spacial score (nSPS) is 12.4. The maximum atomic E-state index is 12.7. The van der Waals surface area contributed by atoms with Gasteiger partial charge in [-0.15, -0.1) is 0 Å². The molecule has 0 aliphatic rings. The van der Waals surface area contributed by atoms with Crippen LogP contribution in [0.3, 0.4) is 0 Å². The standard InChI is InChI=1S/C53H102O6/c1-5-8-10-12-14-16-17-18-22-25-29-32-36-40-44-51(54)57-47-50(59-53(56)46-42-38-34-27-15-13-11-9-6-2)48-58-52(55)45-41-37-33-30-26-23-20-19-21-24-28-31-35-39-43-49(4)7-3/h49-50H,5-48H2,1-4H3/t49?,50-/m0/s1. The minimum Gasteiger partial charge on any atom is -0.462 e. The summed E-state index contributed by atoms with van der Waals surface area (Å²) in [5, 5.41) is 0. The van der Waals surface area contributed by atoms with E-state index in [0.717, 1.165) is 63.7 Å². The van der Waals surface area contributed by atoms with Crippen molar-refractivity contribution in [2.24, 2.45) is 5.92 Å².